The van der Waals surface area contributed by atoms with E-state index in [1.807, 2.05) is 0 Å². The van der Waals surface area contributed by atoms with Crippen molar-refractivity contribution in [3.63, 3.8) is 0 Å². The predicted octanol–water partition coefficient (Wildman–Crippen LogP) is 2.72. The first kappa shape index (κ1) is 30.5. The van der Waals surface area contributed by atoms with Crippen LogP contribution in [0.4, 0.5) is 8.78 Å². The van der Waals surface area contributed by atoms with Gasteiger partial charge in [0, 0.05) is 5.56 Å². The molecule has 3 rings (SSSR count). The average Bonchev–Trinajstić information content (AvgIpc) is 3.11. The number of rotatable bonds is 10. The van der Waals surface area contributed by atoms with Crippen LogP contribution in [0.25, 0.3) is 0 Å². The minimum absolute atomic E-state index is 0.141. The second-order valence-corrected chi connectivity index (χ2v) is 11.7. The van der Waals surface area contributed by atoms with E-state index in [9.17, 15) is 28.9 Å². The Morgan fingerprint density at radius 1 is 1.16 bits per heavy atom. The van der Waals surface area contributed by atoms with Crippen molar-refractivity contribution in [1.82, 2.24) is 10.6 Å². The van der Waals surface area contributed by atoms with Gasteiger partial charge in [0.1, 0.15) is 41.5 Å². The van der Waals surface area contributed by atoms with Gasteiger partial charge in [0.25, 0.3) is 0 Å². The first-order valence-electron chi connectivity index (χ1n) is 13.0. The largest absolute Gasteiger partial charge is 0.388 e. The number of carbonyl (C=O) groups is 1. The number of nitrogens with one attached hydrogen (secondary N) is 2. The number of halogens is 3. The van der Waals surface area contributed by atoms with Gasteiger partial charge in [0.05, 0.1) is 17.5 Å². The van der Waals surface area contributed by atoms with E-state index in [-0.39, 0.29) is 11.5 Å². The zero-order valence-electron chi connectivity index (χ0n) is 21.3. The van der Waals surface area contributed by atoms with Gasteiger partial charge in [0.15, 0.2) is 0 Å². The smallest absolute Gasteiger partial charge is 0.237 e. The molecule has 1 amide bonds. The summed E-state index contributed by atoms with van der Waals surface area (Å²) in [6.07, 6.45) is 1.84. The highest BCUT2D eigenvalue weighted by atomic mass is 35.5. The zero-order chi connectivity index (χ0) is 27.1. The maximum absolute atomic E-state index is 13.8. The van der Waals surface area contributed by atoms with E-state index in [1.54, 1.807) is 13.2 Å². The Morgan fingerprint density at radius 2 is 1.86 bits per heavy atom. The average molecular weight is 565 g/mol. The molecule has 1 aromatic rings. The summed E-state index contributed by atoms with van der Waals surface area (Å²) in [7, 11) is 0. The van der Waals surface area contributed by atoms with E-state index in [0.29, 0.717) is 31.7 Å². The minimum atomic E-state index is -1.42. The van der Waals surface area contributed by atoms with Crippen LogP contribution in [-0.2, 0) is 16.0 Å². The van der Waals surface area contributed by atoms with Crippen LogP contribution in [0.5, 0.6) is 0 Å². The molecule has 0 aromatic heterocycles. The number of thioether (sulfide) groups is 1. The summed E-state index contributed by atoms with van der Waals surface area (Å²) >= 11 is 7.57. The fourth-order valence-electron chi connectivity index (χ4n) is 5.22. The molecule has 7 nitrogen and oxygen atoms in total. The Labute approximate surface area is 226 Å². The van der Waals surface area contributed by atoms with E-state index >= 15 is 0 Å². The molecular weight excluding hydrogens is 526 g/mol. The molecule has 5 N–H and O–H groups in total. The summed E-state index contributed by atoms with van der Waals surface area (Å²) in [6, 6.07) is 2.71. The third kappa shape index (κ3) is 8.00. The number of carbonyl (C=O) groups excluding carboxylic acids is 1. The summed E-state index contributed by atoms with van der Waals surface area (Å²) in [5.74, 6) is -0.859. The Kier molecular flexibility index (Phi) is 11.9. The number of hydrogen-bond donors (Lipinski definition) is 5. The highest BCUT2D eigenvalue weighted by Crippen LogP contribution is 2.30. The number of amides is 1. The summed E-state index contributed by atoms with van der Waals surface area (Å²) in [5.41, 5.74) is -0.618. The lowest BCUT2D eigenvalue weighted by Crippen LogP contribution is -2.65. The van der Waals surface area contributed by atoms with Crippen molar-refractivity contribution in [3.05, 3.63) is 35.4 Å². The van der Waals surface area contributed by atoms with Crippen LogP contribution in [0, 0.1) is 17.6 Å². The Hall–Kier alpha value is -1.01. The zero-order valence-corrected chi connectivity index (χ0v) is 22.9. The molecule has 210 valence electrons. The summed E-state index contributed by atoms with van der Waals surface area (Å²) in [4.78, 5) is 13.1. The molecule has 0 aliphatic carbocycles. The summed E-state index contributed by atoms with van der Waals surface area (Å²) in [5, 5.41) is 36.5. The number of aliphatic hydroxyl groups is 3. The number of ether oxygens (including phenoxy) is 1. The van der Waals surface area contributed by atoms with Crippen LogP contribution in [0.2, 0.25) is 0 Å². The van der Waals surface area contributed by atoms with Crippen molar-refractivity contribution >= 4 is 29.3 Å². The van der Waals surface area contributed by atoms with Crippen LogP contribution in [0.1, 0.15) is 51.0 Å². The normalized spacial score (nSPS) is 32.4. The molecule has 9 atom stereocenters. The van der Waals surface area contributed by atoms with E-state index in [2.05, 4.69) is 10.6 Å². The van der Waals surface area contributed by atoms with Gasteiger partial charge in [-0.1, -0.05) is 18.9 Å². The lowest BCUT2D eigenvalue weighted by molar-refractivity contribution is -0.205. The number of hydrogen-bond acceptors (Lipinski definition) is 7. The van der Waals surface area contributed by atoms with Crippen LogP contribution in [-0.4, -0.2) is 81.3 Å². The Balaban J connectivity index is 1.49. The first-order chi connectivity index (χ1) is 17.6. The topological polar surface area (TPSA) is 111 Å². The van der Waals surface area contributed by atoms with Crippen molar-refractivity contribution in [2.75, 3.05) is 12.8 Å². The van der Waals surface area contributed by atoms with Gasteiger partial charge in [-0.05, 0) is 69.9 Å². The molecule has 2 heterocycles. The molecule has 0 spiro atoms. The lowest BCUT2D eigenvalue weighted by Gasteiger charge is -2.44. The van der Waals surface area contributed by atoms with Crippen molar-refractivity contribution in [1.29, 1.82) is 0 Å². The van der Waals surface area contributed by atoms with Gasteiger partial charge in [-0.2, -0.15) is 0 Å². The summed E-state index contributed by atoms with van der Waals surface area (Å²) in [6.45, 7) is 2.34. The van der Waals surface area contributed by atoms with E-state index in [4.69, 9.17) is 16.3 Å². The van der Waals surface area contributed by atoms with Crippen molar-refractivity contribution < 1.29 is 33.6 Å². The van der Waals surface area contributed by atoms with E-state index in [0.717, 1.165) is 25.7 Å². The van der Waals surface area contributed by atoms with Gasteiger partial charge >= 0.3 is 0 Å². The third-order valence-corrected chi connectivity index (χ3v) is 8.60. The molecule has 0 radical (unpaired) electrons. The number of unbranched alkanes of at least 4 members (excludes halogenated alkanes) is 1. The Morgan fingerprint density at radius 3 is 2.51 bits per heavy atom. The fourth-order valence-corrected chi connectivity index (χ4v) is 6.10. The molecule has 0 saturated carbocycles. The molecule has 37 heavy (non-hydrogen) atoms. The molecule has 0 bridgehead atoms. The highest BCUT2D eigenvalue weighted by Gasteiger charge is 2.48. The second kappa shape index (κ2) is 14.4. The Bertz CT molecular complexity index is 863. The van der Waals surface area contributed by atoms with Gasteiger partial charge < -0.3 is 30.7 Å². The highest BCUT2D eigenvalue weighted by molar-refractivity contribution is 7.99. The number of aliphatic hydroxyl groups excluding tert-OH is 3. The SMILES string of the molecule is CSC1O[C@H]([C@H](NC(=O)[C@@H]2CC[C@H](CCCCc3c(F)cccc3F)CCN2)[C@H](C)Cl)[C@@H](O)C(O)[C@H]1O. The number of benzene rings is 1. The second-order valence-electron chi connectivity index (χ2n) is 10.1. The first-order valence-corrected chi connectivity index (χ1v) is 14.7. The maximum Gasteiger partial charge on any atom is 0.237 e. The molecule has 11 heteroatoms. The van der Waals surface area contributed by atoms with Crippen molar-refractivity contribution in [2.24, 2.45) is 5.92 Å². The van der Waals surface area contributed by atoms with Gasteiger partial charge in [-0.15, -0.1) is 23.4 Å². The standard InChI is InChI=1S/C26H39ClF2N2O5S/c1-14(27)20(24-22(33)21(32)23(34)26(36-24)37-2)31-25(35)19-11-10-15(12-13-30-19)6-3-4-7-16-17(28)8-5-9-18(16)29/h5,8-9,14-15,19-24,26,30,32-34H,3-4,6-7,10-13H2,1-2H3,(H,31,35)/t14-,15-,19-,20+,21?,22-,23+,24+,26?/m0/s1. The molecule has 1 aromatic carbocycles. The van der Waals surface area contributed by atoms with Crippen LogP contribution in [0.3, 0.4) is 0 Å². The van der Waals surface area contributed by atoms with Crippen LogP contribution in [0.15, 0.2) is 18.2 Å². The van der Waals surface area contributed by atoms with Crippen molar-refractivity contribution in [3.8, 4) is 0 Å². The minimum Gasteiger partial charge on any atom is -0.388 e. The summed E-state index contributed by atoms with van der Waals surface area (Å²) < 4.78 is 33.5. The number of alkyl halides is 1. The van der Waals surface area contributed by atoms with Gasteiger partial charge in [-0.3, -0.25) is 4.79 Å². The van der Waals surface area contributed by atoms with E-state index < -0.39 is 58.9 Å². The quantitative estimate of drug-likeness (QED) is 0.219. The van der Waals surface area contributed by atoms with Gasteiger partial charge in [0.2, 0.25) is 5.91 Å². The molecule has 2 fully saturated rings. The molecule has 2 aliphatic rings. The van der Waals surface area contributed by atoms with Crippen molar-refractivity contribution in [2.45, 2.75) is 99.2 Å². The molecule has 2 aliphatic heterocycles. The molecule has 2 unspecified atom stereocenters. The van der Waals surface area contributed by atoms with Gasteiger partial charge in [-0.25, -0.2) is 8.78 Å². The maximum atomic E-state index is 13.8. The third-order valence-electron chi connectivity index (χ3n) is 7.47. The lowest BCUT2D eigenvalue weighted by atomic mass is 9.91. The van der Waals surface area contributed by atoms with Crippen LogP contribution >= 0.6 is 23.4 Å². The monoisotopic (exact) mass is 564 g/mol. The predicted molar refractivity (Wildman–Crippen MR) is 140 cm³/mol. The molecular formula is C26H39ClF2N2O5S. The van der Waals surface area contributed by atoms with Crippen LogP contribution < -0.4 is 10.6 Å². The molecule has 2 saturated heterocycles. The van der Waals surface area contributed by atoms with E-state index in [1.165, 1.54) is 30.0 Å². The fraction of sp³-hybridized carbons (Fsp3) is 0.731.